The van der Waals surface area contributed by atoms with E-state index in [-0.39, 0.29) is 11.2 Å². The Balaban J connectivity index is 2.55. The van der Waals surface area contributed by atoms with Crippen molar-refractivity contribution in [3.63, 3.8) is 0 Å². The van der Waals surface area contributed by atoms with Gasteiger partial charge in [0.15, 0.2) is 5.78 Å². The second-order valence-electron chi connectivity index (χ2n) is 5.68. The van der Waals surface area contributed by atoms with Gasteiger partial charge in [-0.05, 0) is 12.5 Å². The smallest absolute Gasteiger partial charge is 0.196 e. The molecule has 0 aliphatic heterocycles. The summed E-state index contributed by atoms with van der Waals surface area (Å²) in [6.45, 7) is 8.08. The molecule has 0 aliphatic carbocycles. The standard InChI is InChI=1S/C16H18N2O/c1-11-7-5-6-8-12(11)14(19)13-9-17-10-18-15(13)16(2,3)4/h5-10H,1-4H3. The minimum atomic E-state index is -0.184. The van der Waals surface area contributed by atoms with Crippen molar-refractivity contribution in [1.29, 1.82) is 0 Å². The van der Waals surface area contributed by atoms with Gasteiger partial charge in [-0.3, -0.25) is 4.79 Å². The van der Waals surface area contributed by atoms with E-state index >= 15 is 0 Å². The van der Waals surface area contributed by atoms with E-state index in [0.29, 0.717) is 11.1 Å². The highest BCUT2D eigenvalue weighted by atomic mass is 16.1. The van der Waals surface area contributed by atoms with E-state index in [1.165, 1.54) is 6.33 Å². The van der Waals surface area contributed by atoms with Gasteiger partial charge >= 0.3 is 0 Å². The Morgan fingerprint density at radius 3 is 2.42 bits per heavy atom. The summed E-state index contributed by atoms with van der Waals surface area (Å²) in [5, 5.41) is 0. The van der Waals surface area contributed by atoms with Gasteiger partial charge in [0.2, 0.25) is 0 Å². The lowest BCUT2D eigenvalue weighted by Gasteiger charge is -2.20. The predicted octanol–water partition coefficient (Wildman–Crippen LogP) is 3.31. The van der Waals surface area contributed by atoms with E-state index in [1.807, 2.05) is 52.0 Å². The molecule has 3 nitrogen and oxygen atoms in total. The number of rotatable bonds is 2. The first-order chi connectivity index (χ1) is 8.91. The molecule has 0 saturated carbocycles. The first-order valence-electron chi connectivity index (χ1n) is 6.32. The molecule has 0 N–H and O–H groups in total. The molecule has 0 radical (unpaired) electrons. The molecule has 0 spiro atoms. The zero-order valence-corrected chi connectivity index (χ0v) is 11.8. The van der Waals surface area contributed by atoms with Crippen LogP contribution in [0.3, 0.4) is 0 Å². The minimum Gasteiger partial charge on any atom is -0.288 e. The highest BCUT2D eigenvalue weighted by molar-refractivity contribution is 6.10. The van der Waals surface area contributed by atoms with Gasteiger partial charge in [0.05, 0.1) is 11.3 Å². The Morgan fingerprint density at radius 2 is 1.79 bits per heavy atom. The number of carbonyl (C=O) groups excluding carboxylic acids is 1. The minimum absolute atomic E-state index is 0.0105. The quantitative estimate of drug-likeness (QED) is 0.772. The molecule has 2 rings (SSSR count). The Hall–Kier alpha value is -2.03. The third-order valence-electron chi connectivity index (χ3n) is 3.06. The lowest BCUT2D eigenvalue weighted by atomic mass is 9.86. The van der Waals surface area contributed by atoms with Crippen molar-refractivity contribution >= 4 is 5.78 Å². The van der Waals surface area contributed by atoms with E-state index in [9.17, 15) is 4.79 Å². The SMILES string of the molecule is Cc1ccccc1C(=O)c1cncnc1C(C)(C)C. The summed E-state index contributed by atoms with van der Waals surface area (Å²) in [5.41, 5.74) is 2.87. The van der Waals surface area contributed by atoms with E-state index in [0.717, 1.165) is 11.3 Å². The number of carbonyl (C=O) groups is 1. The maximum absolute atomic E-state index is 12.7. The summed E-state index contributed by atoms with van der Waals surface area (Å²) in [6, 6.07) is 7.59. The molecule has 0 bridgehead atoms. The molecule has 98 valence electrons. The first-order valence-corrected chi connectivity index (χ1v) is 6.32. The van der Waals surface area contributed by atoms with Gasteiger partial charge < -0.3 is 0 Å². The van der Waals surface area contributed by atoms with Crippen LogP contribution in [0.1, 0.15) is 48.0 Å². The van der Waals surface area contributed by atoms with Crippen molar-refractivity contribution in [3.05, 3.63) is 59.2 Å². The van der Waals surface area contributed by atoms with Crippen molar-refractivity contribution in [2.45, 2.75) is 33.1 Å². The van der Waals surface area contributed by atoms with Gasteiger partial charge in [0.1, 0.15) is 6.33 Å². The summed E-state index contributed by atoms with van der Waals surface area (Å²) in [6.07, 6.45) is 3.11. The van der Waals surface area contributed by atoms with Crippen LogP contribution >= 0.6 is 0 Å². The predicted molar refractivity (Wildman–Crippen MR) is 75.3 cm³/mol. The molecule has 0 unspecified atom stereocenters. The van der Waals surface area contributed by atoms with Crippen LogP contribution < -0.4 is 0 Å². The average molecular weight is 254 g/mol. The van der Waals surface area contributed by atoms with Crippen LogP contribution in [0.25, 0.3) is 0 Å². The van der Waals surface area contributed by atoms with Gasteiger partial charge in [-0.15, -0.1) is 0 Å². The molecule has 1 heterocycles. The maximum atomic E-state index is 12.7. The summed E-state index contributed by atoms with van der Waals surface area (Å²) < 4.78 is 0. The van der Waals surface area contributed by atoms with Crippen molar-refractivity contribution in [3.8, 4) is 0 Å². The van der Waals surface area contributed by atoms with Gasteiger partial charge in [0, 0.05) is 17.2 Å². The monoisotopic (exact) mass is 254 g/mol. The Labute approximate surface area is 113 Å². The van der Waals surface area contributed by atoms with E-state index in [1.54, 1.807) is 6.20 Å². The Bertz CT molecular complexity index is 612. The van der Waals surface area contributed by atoms with Crippen LogP contribution in [0.15, 0.2) is 36.8 Å². The van der Waals surface area contributed by atoms with Crippen molar-refractivity contribution < 1.29 is 4.79 Å². The number of hydrogen-bond donors (Lipinski definition) is 0. The lowest BCUT2D eigenvalue weighted by Crippen LogP contribution is -2.20. The van der Waals surface area contributed by atoms with Crippen molar-refractivity contribution in [2.24, 2.45) is 0 Å². The van der Waals surface area contributed by atoms with Crippen LogP contribution in [0, 0.1) is 6.92 Å². The fraction of sp³-hybridized carbons (Fsp3) is 0.312. The molecular weight excluding hydrogens is 236 g/mol. The fourth-order valence-electron chi connectivity index (χ4n) is 2.07. The van der Waals surface area contributed by atoms with Crippen molar-refractivity contribution in [1.82, 2.24) is 9.97 Å². The summed E-state index contributed by atoms with van der Waals surface area (Å²) in [5.74, 6) is -0.0105. The van der Waals surface area contributed by atoms with E-state index in [2.05, 4.69) is 9.97 Å². The molecule has 0 atom stereocenters. The number of benzene rings is 1. The molecule has 3 heteroatoms. The van der Waals surface area contributed by atoms with Crippen LogP contribution in [-0.2, 0) is 5.41 Å². The zero-order chi connectivity index (χ0) is 14.0. The van der Waals surface area contributed by atoms with Crippen LogP contribution in [-0.4, -0.2) is 15.8 Å². The molecule has 19 heavy (non-hydrogen) atoms. The van der Waals surface area contributed by atoms with Crippen LogP contribution in [0.2, 0.25) is 0 Å². The number of aryl methyl sites for hydroxylation is 1. The fourth-order valence-corrected chi connectivity index (χ4v) is 2.07. The normalized spacial score (nSPS) is 11.4. The Kier molecular flexibility index (Phi) is 3.47. The summed E-state index contributed by atoms with van der Waals surface area (Å²) in [7, 11) is 0. The van der Waals surface area contributed by atoms with Crippen LogP contribution in [0.4, 0.5) is 0 Å². The summed E-state index contributed by atoms with van der Waals surface area (Å²) in [4.78, 5) is 21.0. The number of ketones is 1. The second-order valence-corrected chi connectivity index (χ2v) is 5.68. The lowest BCUT2D eigenvalue weighted by molar-refractivity contribution is 0.103. The van der Waals surface area contributed by atoms with E-state index in [4.69, 9.17) is 0 Å². The molecule has 0 saturated heterocycles. The largest absolute Gasteiger partial charge is 0.288 e. The van der Waals surface area contributed by atoms with Gasteiger partial charge in [0.25, 0.3) is 0 Å². The number of nitrogens with zero attached hydrogens (tertiary/aromatic N) is 2. The Morgan fingerprint density at radius 1 is 1.11 bits per heavy atom. The highest BCUT2D eigenvalue weighted by Gasteiger charge is 2.24. The molecule has 1 aromatic carbocycles. The second kappa shape index (κ2) is 4.92. The molecule has 0 fully saturated rings. The third-order valence-corrected chi connectivity index (χ3v) is 3.06. The molecule has 1 aromatic heterocycles. The molecule has 0 aliphatic rings. The van der Waals surface area contributed by atoms with Crippen molar-refractivity contribution in [2.75, 3.05) is 0 Å². The van der Waals surface area contributed by atoms with Crippen LogP contribution in [0.5, 0.6) is 0 Å². The first kappa shape index (κ1) is 13.4. The maximum Gasteiger partial charge on any atom is 0.196 e. The van der Waals surface area contributed by atoms with Gasteiger partial charge in [-0.2, -0.15) is 0 Å². The molecule has 0 amide bonds. The topological polar surface area (TPSA) is 42.9 Å². The third kappa shape index (κ3) is 2.70. The molecule has 2 aromatic rings. The van der Waals surface area contributed by atoms with Gasteiger partial charge in [-0.25, -0.2) is 9.97 Å². The highest BCUT2D eigenvalue weighted by Crippen LogP contribution is 2.25. The molecular formula is C16H18N2O. The zero-order valence-electron chi connectivity index (χ0n) is 11.8. The van der Waals surface area contributed by atoms with E-state index < -0.39 is 0 Å². The number of hydrogen-bond acceptors (Lipinski definition) is 3. The summed E-state index contributed by atoms with van der Waals surface area (Å²) >= 11 is 0. The average Bonchev–Trinajstić information content (AvgIpc) is 2.37. The number of aromatic nitrogens is 2. The van der Waals surface area contributed by atoms with Gasteiger partial charge in [-0.1, -0.05) is 45.0 Å².